The normalized spacial score (nSPS) is 19.4. The van der Waals surface area contributed by atoms with Crippen LogP contribution in [-0.4, -0.2) is 21.7 Å². The summed E-state index contributed by atoms with van der Waals surface area (Å²) >= 11 is 0. The van der Waals surface area contributed by atoms with Gasteiger partial charge in [-0.2, -0.15) is 0 Å². The summed E-state index contributed by atoms with van der Waals surface area (Å²) in [6, 6.07) is 16.3. The molecule has 1 amide bonds. The summed E-state index contributed by atoms with van der Waals surface area (Å²) < 4.78 is 6.00. The minimum Gasteiger partial charge on any atom is -0.464 e. The van der Waals surface area contributed by atoms with Crippen LogP contribution in [0.15, 0.2) is 65.3 Å². The Morgan fingerprint density at radius 3 is 2.55 bits per heavy atom. The quantitative estimate of drug-likeness (QED) is 0.536. The number of imidazole rings is 1. The molecule has 3 heterocycles. The molecule has 2 atom stereocenters. The van der Waals surface area contributed by atoms with E-state index in [-0.39, 0.29) is 0 Å². The Labute approximate surface area is 167 Å². The monoisotopic (exact) mass is 385 g/mol. The van der Waals surface area contributed by atoms with Crippen LogP contribution < -0.4 is 4.90 Å². The molecule has 0 aliphatic carbocycles. The highest BCUT2D eigenvalue weighted by molar-refractivity contribution is 6.46. The molecule has 6 nitrogen and oxygen atoms in total. The zero-order valence-electron chi connectivity index (χ0n) is 16.0. The number of aromatic amines is 1. The van der Waals surface area contributed by atoms with Crippen molar-refractivity contribution in [3.8, 4) is 0 Å². The van der Waals surface area contributed by atoms with Crippen LogP contribution in [0.25, 0.3) is 11.0 Å². The van der Waals surface area contributed by atoms with Crippen molar-refractivity contribution in [2.24, 2.45) is 0 Å². The first-order chi connectivity index (χ1) is 14.0. The molecule has 1 aliphatic heterocycles. The van der Waals surface area contributed by atoms with E-state index in [1.165, 1.54) is 0 Å². The topological polar surface area (TPSA) is 79.2 Å². The highest BCUT2D eigenvalue weighted by atomic mass is 16.3. The van der Waals surface area contributed by atoms with E-state index in [4.69, 9.17) is 4.42 Å². The maximum atomic E-state index is 13.1. The van der Waals surface area contributed by atoms with E-state index in [1.54, 1.807) is 11.2 Å². The third kappa shape index (κ3) is 2.68. The van der Waals surface area contributed by atoms with Crippen LogP contribution in [0.1, 0.15) is 34.6 Å². The molecular weight excluding hydrogens is 366 g/mol. The van der Waals surface area contributed by atoms with Crippen LogP contribution in [0, 0.1) is 13.8 Å². The number of nitrogens with one attached hydrogen (secondary N) is 1. The molecule has 4 aromatic rings. The lowest BCUT2D eigenvalue weighted by atomic mass is 9.89. The van der Waals surface area contributed by atoms with Crippen LogP contribution >= 0.6 is 0 Å². The van der Waals surface area contributed by atoms with Crippen LogP contribution in [0.5, 0.6) is 0 Å². The third-order valence-corrected chi connectivity index (χ3v) is 5.62. The van der Waals surface area contributed by atoms with E-state index in [0.29, 0.717) is 11.4 Å². The zero-order chi connectivity index (χ0) is 20.1. The van der Waals surface area contributed by atoms with E-state index in [9.17, 15) is 9.59 Å². The number of furan rings is 1. The highest BCUT2D eigenvalue weighted by Gasteiger charge is 2.51. The minimum absolute atomic E-state index is 0.433. The lowest BCUT2D eigenvalue weighted by molar-refractivity contribution is -0.134. The summed E-state index contributed by atoms with van der Waals surface area (Å²) in [4.78, 5) is 35.1. The average molecular weight is 385 g/mol. The van der Waals surface area contributed by atoms with Crippen molar-refractivity contribution in [3.05, 3.63) is 83.6 Å². The minimum atomic E-state index is -0.633. The largest absolute Gasteiger partial charge is 0.464 e. The number of carbonyl (C=O) groups excluding carboxylic acids is 2. The number of anilines is 1. The number of aryl methyl sites for hydroxylation is 2. The second kappa shape index (κ2) is 6.44. The van der Waals surface area contributed by atoms with Gasteiger partial charge in [0, 0.05) is 5.69 Å². The van der Waals surface area contributed by atoms with Crippen molar-refractivity contribution in [2.75, 3.05) is 4.90 Å². The number of benzene rings is 2. The van der Waals surface area contributed by atoms with Gasteiger partial charge in [-0.25, -0.2) is 4.98 Å². The van der Waals surface area contributed by atoms with Crippen molar-refractivity contribution in [1.29, 1.82) is 0 Å². The molecule has 2 aromatic heterocycles. The first-order valence-corrected chi connectivity index (χ1v) is 9.47. The molecule has 1 aliphatic rings. The number of aromatic nitrogens is 2. The van der Waals surface area contributed by atoms with E-state index in [0.717, 1.165) is 27.9 Å². The zero-order valence-corrected chi connectivity index (χ0v) is 16.0. The van der Waals surface area contributed by atoms with Gasteiger partial charge in [-0.1, -0.05) is 30.3 Å². The Bertz CT molecular complexity index is 1220. The number of hydrogen-bond acceptors (Lipinski definition) is 4. The van der Waals surface area contributed by atoms with E-state index < -0.39 is 23.7 Å². The first-order valence-electron chi connectivity index (χ1n) is 9.47. The number of amides is 1. The maximum absolute atomic E-state index is 13.1. The molecule has 0 saturated carbocycles. The standard InChI is InChI=1S/C23H19N3O3/c1-13-10-19(29-14(13)2)21-20(15-6-4-3-5-7-15)22(27)23(28)26(21)16-8-9-17-18(11-16)25-12-24-17/h3-12,20-21H,1-2H3,(H,24,25). The smallest absolute Gasteiger partial charge is 0.295 e. The van der Waals surface area contributed by atoms with Gasteiger partial charge in [0.2, 0.25) is 5.78 Å². The number of H-pyrrole nitrogens is 1. The van der Waals surface area contributed by atoms with Gasteiger partial charge < -0.3 is 9.40 Å². The van der Waals surface area contributed by atoms with E-state index in [1.807, 2.05) is 68.4 Å². The molecule has 5 rings (SSSR count). The predicted molar refractivity (Wildman–Crippen MR) is 109 cm³/mol. The summed E-state index contributed by atoms with van der Waals surface area (Å²) in [5.41, 5.74) is 4.02. The van der Waals surface area contributed by atoms with E-state index in [2.05, 4.69) is 9.97 Å². The first kappa shape index (κ1) is 17.4. The number of fused-ring (bicyclic) bond motifs is 1. The molecule has 6 heteroatoms. The number of hydrogen-bond donors (Lipinski definition) is 1. The number of ketones is 1. The van der Waals surface area contributed by atoms with Gasteiger partial charge in [0.1, 0.15) is 17.6 Å². The summed E-state index contributed by atoms with van der Waals surface area (Å²) in [6.45, 7) is 3.84. The lowest BCUT2D eigenvalue weighted by Gasteiger charge is -2.26. The fourth-order valence-corrected chi connectivity index (χ4v) is 4.05. The summed E-state index contributed by atoms with van der Waals surface area (Å²) in [7, 11) is 0. The molecule has 0 radical (unpaired) electrons. The Hall–Kier alpha value is -3.67. The maximum Gasteiger partial charge on any atom is 0.295 e. The Kier molecular flexibility index (Phi) is 3.87. The predicted octanol–water partition coefficient (Wildman–Crippen LogP) is 4.21. The number of nitrogens with zero attached hydrogens (tertiary/aromatic N) is 2. The van der Waals surface area contributed by atoms with Crippen molar-refractivity contribution in [1.82, 2.24) is 9.97 Å². The molecule has 1 saturated heterocycles. The molecule has 0 bridgehead atoms. The lowest BCUT2D eigenvalue weighted by Crippen LogP contribution is -2.29. The Morgan fingerprint density at radius 2 is 1.83 bits per heavy atom. The van der Waals surface area contributed by atoms with Crippen LogP contribution in [-0.2, 0) is 9.59 Å². The fourth-order valence-electron chi connectivity index (χ4n) is 4.05. The van der Waals surface area contributed by atoms with Crippen molar-refractivity contribution >= 4 is 28.4 Å². The third-order valence-electron chi connectivity index (χ3n) is 5.62. The second-order valence-corrected chi connectivity index (χ2v) is 7.36. The number of Topliss-reactive ketones (excluding diaryl/α,β-unsaturated/α-hetero) is 1. The van der Waals surface area contributed by atoms with Crippen molar-refractivity contribution < 1.29 is 14.0 Å². The second-order valence-electron chi connectivity index (χ2n) is 7.36. The summed E-state index contributed by atoms with van der Waals surface area (Å²) in [6.07, 6.45) is 1.61. The van der Waals surface area contributed by atoms with E-state index >= 15 is 0 Å². The molecule has 144 valence electrons. The fraction of sp³-hybridized carbons (Fsp3) is 0.174. The molecule has 2 aromatic carbocycles. The Morgan fingerprint density at radius 1 is 1.03 bits per heavy atom. The molecule has 1 fully saturated rings. The molecule has 1 N–H and O–H groups in total. The van der Waals surface area contributed by atoms with Gasteiger partial charge in [-0.3, -0.25) is 14.5 Å². The van der Waals surface area contributed by atoms with Gasteiger partial charge in [-0.15, -0.1) is 0 Å². The van der Waals surface area contributed by atoms with Gasteiger partial charge in [-0.05, 0) is 49.2 Å². The van der Waals surface area contributed by atoms with Gasteiger partial charge in [0.15, 0.2) is 0 Å². The van der Waals surface area contributed by atoms with Crippen LogP contribution in [0.4, 0.5) is 5.69 Å². The number of rotatable bonds is 3. The average Bonchev–Trinajstić information content (AvgIpc) is 3.39. The summed E-state index contributed by atoms with van der Waals surface area (Å²) in [5.74, 6) is -0.210. The van der Waals surface area contributed by atoms with Gasteiger partial charge >= 0.3 is 0 Å². The van der Waals surface area contributed by atoms with Gasteiger partial charge in [0.25, 0.3) is 5.91 Å². The SMILES string of the molecule is Cc1cc(C2C(c3ccccc3)C(=O)C(=O)N2c2ccc3nc[nH]c3c2)oc1C. The van der Waals surface area contributed by atoms with Gasteiger partial charge in [0.05, 0.1) is 23.3 Å². The summed E-state index contributed by atoms with van der Waals surface area (Å²) in [5, 5.41) is 0. The highest BCUT2D eigenvalue weighted by Crippen LogP contribution is 2.46. The Balaban J connectivity index is 1.71. The van der Waals surface area contributed by atoms with Crippen LogP contribution in [0.2, 0.25) is 0 Å². The van der Waals surface area contributed by atoms with Crippen LogP contribution in [0.3, 0.4) is 0 Å². The molecular formula is C23H19N3O3. The molecule has 29 heavy (non-hydrogen) atoms. The molecule has 0 spiro atoms. The number of carbonyl (C=O) groups is 2. The van der Waals surface area contributed by atoms with Crippen molar-refractivity contribution in [2.45, 2.75) is 25.8 Å². The molecule has 2 unspecified atom stereocenters. The van der Waals surface area contributed by atoms with Crippen molar-refractivity contribution in [3.63, 3.8) is 0 Å².